The van der Waals surface area contributed by atoms with E-state index in [1.54, 1.807) is 19.3 Å². The summed E-state index contributed by atoms with van der Waals surface area (Å²) >= 11 is 0.885. The maximum absolute atomic E-state index is 11.8. The van der Waals surface area contributed by atoms with Gasteiger partial charge in [-0.1, -0.05) is 30.0 Å². The van der Waals surface area contributed by atoms with Crippen LogP contribution in [0.25, 0.3) is 17.1 Å². The zero-order valence-corrected chi connectivity index (χ0v) is 18.1. The number of hydrogen-bond acceptors (Lipinski definition) is 6. The number of hydrogen-bond donors (Lipinski definition) is 1. The molecule has 156 valence electrons. The second-order valence-electron chi connectivity index (χ2n) is 6.93. The minimum absolute atomic E-state index is 0.357. The lowest BCUT2D eigenvalue weighted by atomic mass is 10.1. The number of ether oxygens (including phenoxy) is 1. The molecule has 1 aliphatic rings. The number of aryl methyl sites for hydroxylation is 1. The molecule has 0 spiro atoms. The average Bonchev–Trinajstić information content (AvgIpc) is 3.26. The van der Waals surface area contributed by atoms with Gasteiger partial charge in [0.2, 0.25) is 5.95 Å². The van der Waals surface area contributed by atoms with Gasteiger partial charge in [0.25, 0.3) is 11.1 Å². The Kier molecular flexibility index (Phi) is 5.69. The third-order valence-electron chi connectivity index (χ3n) is 4.81. The number of amides is 2. The van der Waals surface area contributed by atoms with E-state index in [2.05, 4.69) is 22.1 Å². The zero-order valence-electron chi connectivity index (χ0n) is 17.3. The molecule has 7 nitrogen and oxygen atoms in total. The first kappa shape index (κ1) is 20.6. The number of benzene rings is 2. The van der Waals surface area contributed by atoms with E-state index < -0.39 is 0 Å². The van der Waals surface area contributed by atoms with E-state index in [0.717, 1.165) is 34.3 Å². The third-order valence-corrected chi connectivity index (χ3v) is 5.62. The number of carbonyl (C=O) groups excluding carboxylic acids is 2. The highest BCUT2D eigenvalue weighted by Gasteiger charge is 2.25. The number of anilines is 1. The van der Waals surface area contributed by atoms with Crippen molar-refractivity contribution in [2.45, 2.75) is 0 Å². The molecule has 0 radical (unpaired) electrons. The zero-order chi connectivity index (χ0) is 22.0. The Morgan fingerprint density at radius 2 is 2.06 bits per heavy atom. The van der Waals surface area contributed by atoms with Gasteiger partial charge in [0.05, 0.1) is 35.2 Å². The summed E-state index contributed by atoms with van der Waals surface area (Å²) in [4.78, 5) is 30.2. The van der Waals surface area contributed by atoms with Gasteiger partial charge < -0.3 is 14.2 Å². The van der Waals surface area contributed by atoms with Gasteiger partial charge in [-0.15, -0.1) is 0 Å². The van der Waals surface area contributed by atoms with E-state index in [9.17, 15) is 9.59 Å². The van der Waals surface area contributed by atoms with Crippen LogP contribution >= 0.6 is 11.8 Å². The number of fused-ring (bicyclic) bond motifs is 1. The van der Waals surface area contributed by atoms with Gasteiger partial charge in [-0.25, -0.2) is 4.98 Å². The van der Waals surface area contributed by atoms with E-state index in [1.807, 2.05) is 60.0 Å². The summed E-state index contributed by atoms with van der Waals surface area (Å²) in [5.41, 5.74) is 3.47. The van der Waals surface area contributed by atoms with Gasteiger partial charge in [-0.2, -0.15) is 0 Å². The monoisotopic (exact) mass is 432 g/mol. The summed E-state index contributed by atoms with van der Waals surface area (Å²) in [5, 5.41) is 1.89. The summed E-state index contributed by atoms with van der Waals surface area (Å²) < 4.78 is 7.46. The standard InChI is InChI=1S/C23H20N4O3S/c1-26(22-24-17-8-4-5-9-18(17)27(22)2)12-6-7-16-13-15(10-11-19(16)30-3)14-20-21(28)25-23(29)31-20/h4-5,8-11,13-14H,12H2,1-3H3,(H,25,28,29)/b20-14-. The molecule has 2 aromatic carbocycles. The number of rotatable bonds is 4. The van der Waals surface area contributed by atoms with E-state index >= 15 is 0 Å². The summed E-state index contributed by atoms with van der Waals surface area (Å²) in [6.07, 6.45) is 1.67. The molecule has 0 atom stereocenters. The summed E-state index contributed by atoms with van der Waals surface area (Å²) in [7, 11) is 5.51. The van der Waals surface area contributed by atoms with Gasteiger partial charge in [-0.3, -0.25) is 14.9 Å². The lowest BCUT2D eigenvalue weighted by molar-refractivity contribution is -0.115. The lowest BCUT2D eigenvalue weighted by Crippen LogP contribution is -2.20. The fourth-order valence-electron chi connectivity index (χ4n) is 3.28. The lowest BCUT2D eigenvalue weighted by Gasteiger charge is -2.14. The van der Waals surface area contributed by atoms with Crippen molar-refractivity contribution in [3.05, 3.63) is 58.5 Å². The van der Waals surface area contributed by atoms with Crippen LogP contribution in [0.15, 0.2) is 47.4 Å². The first-order chi connectivity index (χ1) is 15.0. The molecule has 1 N–H and O–H groups in total. The second-order valence-corrected chi connectivity index (χ2v) is 7.94. The Morgan fingerprint density at radius 3 is 2.77 bits per heavy atom. The number of imide groups is 1. The SMILES string of the molecule is COc1ccc(/C=C2\SC(=O)NC2=O)cc1C#CCN(C)c1nc2ccccc2n1C. The van der Waals surface area contributed by atoms with Crippen LogP contribution in [0.3, 0.4) is 0 Å². The molecule has 0 bridgehead atoms. The predicted octanol–water partition coefficient (Wildman–Crippen LogP) is 3.39. The highest BCUT2D eigenvalue weighted by Crippen LogP contribution is 2.27. The molecule has 0 aliphatic carbocycles. The average molecular weight is 433 g/mol. The molecule has 1 fully saturated rings. The van der Waals surface area contributed by atoms with E-state index in [1.165, 1.54) is 0 Å². The smallest absolute Gasteiger partial charge is 0.290 e. The Hall–Kier alpha value is -3.70. The molecule has 8 heteroatoms. The molecule has 4 rings (SSSR count). The fraction of sp³-hybridized carbons (Fsp3) is 0.174. The highest BCUT2D eigenvalue weighted by molar-refractivity contribution is 8.18. The number of methoxy groups -OCH3 is 1. The molecular weight excluding hydrogens is 412 g/mol. The molecule has 1 aliphatic heterocycles. The molecule has 1 aromatic heterocycles. The Balaban J connectivity index is 1.56. The van der Waals surface area contributed by atoms with Crippen LogP contribution in [0, 0.1) is 11.8 Å². The molecule has 2 heterocycles. The van der Waals surface area contributed by atoms with Crippen molar-refractivity contribution in [1.82, 2.24) is 14.9 Å². The van der Waals surface area contributed by atoms with Crippen LogP contribution in [0.5, 0.6) is 5.75 Å². The Labute approximate surface area is 184 Å². The number of nitrogens with one attached hydrogen (secondary N) is 1. The summed E-state index contributed by atoms with van der Waals surface area (Å²) in [6, 6.07) is 13.4. The van der Waals surface area contributed by atoms with Gasteiger partial charge in [-0.05, 0) is 47.7 Å². The third kappa shape index (κ3) is 4.27. The molecule has 1 saturated heterocycles. The quantitative estimate of drug-likeness (QED) is 0.503. The predicted molar refractivity (Wildman–Crippen MR) is 123 cm³/mol. The van der Waals surface area contributed by atoms with Crippen molar-refractivity contribution in [3.63, 3.8) is 0 Å². The maximum Gasteiger partial charge on any atom is 0.290 e. The first-order valence-corrected chi connectivity index (χ1v) is 10.3. The van der Waals surface area contributed by atoms with Crippen LogP contribution in [-0.2, 0) is 11.8 Å². The largest absolute Gasteiger partial charge is 0.495 e. The topological polar surface area (TPSA) is 76.5 Å². The van der Waals surface area contributed by atoms with Crippen molar-refractivity contribution in [2.75, 3.05) is 25.6 Å². The van der Waals surface area contributed by atoms with Crippen LogP contribution in [-0.4, -0.2) is 41.4 Å². The molecule has 31 heavy (non-hydrogen) atoms. The molecule has 0 saturated carbocycles. The molecule has 3 aromatic rings. The highest BCUT2D eigenvalue weighted by atomic mass is 32.2. The fourth-order valence-corrected chi connectivity index (χ4v) is 3.97. The molecule has 2 amide bonds. The van der Waals surface area contributed by atoms with Crippen molar-refractivity contribution >= 4 is 46.0 Å². The number of nitrogens with zero attached hydrogens (tertiary/aromatic N) is 3. The van der Waals surface area contributed by atoms with Crippen molar-refractivity contribution < 1.29 is 14.3 Å². The van der Waals surface area contributed by atoms with Crippen LogP contribution in [0.1, 0.15) is 11.1 Å². The van der Waals surface area contributed by atoms with Crippen molar-refractivity contribution in [3.8, 4) is 17.6 Å². The summed E-state index contributed by atoms with van der Waals surface area (Å²) in [6.45, 7) is 0.471. The van der Waals surface area contributed by atoms with E-state index in [0.29, 0.717) is 22.8 Å². The number of carbonyl (C=O) groups is 2. The van der Waals surface area contributed by atoms with Crippen LogP contribution in [0.4, 0.5) is 10.7 Å². The first-order valence-electron chi connectivity index (χ1n) is 9.50. The molecule has 0 unspecified atom stereocenters. The normalized spacial score (nSPS) is 14.5. The van der Waals surface area contributed by atoms with Crippen LogP contribution in [0.2, 0.25) is 0 Å². The molecular formula is C23H20N4O3S. The van der Waals surface area contributed by atoms with E-state index in [4.69, 9.17) is 4.74 Å². The van der Waals surface area contributed by atoms with Crippen LogP contribution < -0.4 is 15.0 Å². The van der Waals surface area contributed by atoms with Gasteiger partial charge in [0, 0.05) is 14.1 Å². The Morgan fingerprint density at radius 1 is 1.26 bits per heavy atom. The van der Waals surface area contributed by atoms with Gasteiger partial charge >= 0.3 is 0 Å². The summed E-state index contributed by atoms with van der Waals surface area (Å²) in [5.74, 6) is 7.39. The van der Waals surface area contributed by atoms with Gasteiger partial charge in [0.15, 0.2) is 0 Å². The number of aromatic nitrogens is 2. The number of imidazole rings is 1. The van der Waals surface area contributed by atoms with E-state index in [-0.39, 0.29) is 11.1 Å². The van der Waals surface area contributed by atoms with Gasteiger partial charge in [0.1, 0.15) is 5.75 Å². The number of para-hydroxylation sites is 2. The maximum atomic E-state index is 11.8. The number of thioether (sulfide) groups is 1. The minimum atomic E-state index is -0.387. The van der Waals surface area contributed by atoms with Crippen molar-refractivity contribution in [1.29, 1.82) is 0 Å². The van der Waals surface area contributed by atoms with Crippen molar-refractivity contribution in [2.24, 2.45) is 7.05 Å². The second kappa shape index (κ2) is 8.58. The minimum Gasteiger partial charge on any atom is -0.495 e. The Bertz CT molecular complexity index is 1280.